The van der Waals surface area contributed by atoms with E-state index in [0.717, 1.165) is 10.6 Å². The second-order valence-corrected chi connectivity index (χ2v) is 6.97. The van der Waals surface area contributed by atoms with Crippen molar-refractivity contribution in [1.29, 1.82) is 0 Å². The molecule has 0 aliphatic carbocycles. The van der Waals surface area contributed by atoms with Gasteiger partial charge in [0, 0.05) is 4.90 Å². The summed E-state index contributed by atoms with van der Waals surface area (Å²) in [5.74, 6) is 1.04. The van der Waals surface area contributed by atoms with Crippen molar-refractivity contribution in [3.63, 3.8) is 0 Å². The largest absolute Gasteiger partial charge is 0.494 e. The molecule has 0 radical (unpaired) electrons. The summed E-state index contributed by atoms with van der Waals surface area (Å²) in [6.45, 7) is 9.58. The molecule has 21 heavy (non-hydrogen) atoms. The summed E-state index contributed by atoms with van der Waals surface area (Å²) in [5, 5.41) is 12.9. The van der Waals surface area contributed by atoms with Crippen molar-refractivity contribution in [2.75, 3.05) is 12.4 Å². The zero-order valence-electron chi connectivity index (χ0n) is 13.4. The number of rotatable bonds is 7. The van der Waals surface area contributed by atoms with Crippen LogP contribution in [0.4, 0.5) is 0 Å². The molecule has 4 nitrogen and oxygen atoms in total. The van der Waals surface area contributed by atoms with Gasteiger partial charge in [0.15, 0.2) is 0 Å². The summed E-state index contributed by atoms with van der Waals surface area (Å²) in [5.41, 5.74) is -1.66. The Morgan fingerprint density at radius 2 is 1.81 bits per heavy atom. The highest BCUT2D eigenvalue weighted by atomic mass is 32.2. The number of thioether (sulfide) groups is 1. The quantitative estimate of drug-likeness (QED) is 0.760. The van der Waals surface area contributed by atoms with Gasteiger partial charge in [-0.3, -0.25) is 4.79 Å². The third-order valence-corrected chi connectivity index (χ3v) is 4.50. The average Bonchev–Trinajstić information content (AvgIpc) is 2.36. The van der Waals surface area contributed by atoms with Crippen molar-refractivity contribution in [3.05, 3.63) is 24.3 Å². The SMILES string of the molecule is CCOc1ccc(SCC(=O)NC(C)(C)C(C)(C)O)cc1. The zero-order chi connectivity index (χ0) is 16.1. The van der Waals surface area contributed by atoms with Crippen LogP contribution in [-0.2, 0) is 4.79 Å². The number of benzene rings is 1. The fraction of sp³-hybridized carbons (Fsp3) is 0.562. The minimum atomic E-state index is -0.980. The van der Waals surface area contributed by atoms with Crippen LogP contribution in [0.25, 0.3) is 0 Å². The van der Waals surface area contributed by atoms with Crippen LogP contribution in [0.2, 0.25) is 0 Å². The third-order valence-electron chi connectivity index (χ3n) is 3.49. The number of ether oxygens (including phenoxy) is 1. The first-order valence-electron chi connectivity index (χ1n) is 7.05. The summed E-state index contributed by atoms with van der Waals surface area (Å²) in [7, 11) is 0. The minimum absolute atomic E-state index is 0.0963. The Labute approximate surface area is 131 Å². The maximum absolute atomic E-state index is 12.0. The Kier molecular flexibility index (Phi) is 6.10. The monoisotopic (exact) mass is 311 g/mol. The molecule has 1 rings (SSSR count). The van der Waals surface area contributed by atoms with Gasteiger partial charge in [0.2, 0.25) is 5.91 Å². The fourth-order valence-electron chi connectivity index (χ4n) is 1.49. The number of aliphatic hydroxyl groups is 1. The van der Waals surface area contributed by atoms with E-state index < -0.39 is 11.1 Å². The van der Waals surface area contributed by atoms with Crippen LogP contribution in [0.1, 0.15) is 34.6 Å². The molecule has 0 atom stereocenters. The van der Waals surface area contributed by atoms with Gasteiger partial charge in [-0.1, -0.05) is 0 Å². The Balaban J connectivity index is 2.50. The van der Waals surface area contributed by atoms with E-state index in [0.29, 0.717) is 12.4 Å². The van der Waals surface area contributed by atoms with E-state index in [9.17, 15) is 9.90 Å². The number of hydrogen-bond donors (Lipinski definition) is 2. The van der Waals surface area contributed by atoms with Crippen LogP contribution in [0.5, 0.6) is 5.75 Å². The molecule has 0 heterocycles. The van der Waals surface area contributed by atoms with Crippen molar-refractivity contribution in [3.8, 4) is 5.75 Å². The first kappa shape index (κ1) is 17.9. The Morgan fingerprint density at radius 3 is 2.29 bits per heavy atom. The summed E-state index contributed by atoms with van der Waals surface area (Å²) in [6, 6.07) is 7.66. The van der Waals surface area contributed by atoms with E-state index in [1.165, 1.54) is 11.8 Å². The molecule has 0 saturated carbocycles. The molecule has 0 spiro atoms. The second kappa shape index (κ2) is 7.18. The fourth-order valence-corrected chi connectivity index (χ4v) is 2.18. The lowest BCUT2D eigenvalue weighted by Crippen LogP contribution is -2.58. The predicted octanol–water partition coefficient (Wildman–Crippen LogP) is 2.84. The van der Waals surface area contributed by atoms with E-state index in [1.807, 2.05) is 45.0 Å². The van der Waals surface area contributed by atoms with E-state index in [-0.39, 0.29) is 5.91 Å². The zero-order valence-corrected chi connectivity index (χ0v) is 14.2. The maximum atomic E-state index is 12.0. The van der Waals surface area contributed by atoms with Crippen molar-refractivity contribution in [2.45, 2.75) is 50.7 Å². The maximum Gasteiger partial charge on any atom is 0.230 e. The number of carbonyl (C=O) groups is 1. The van der Waals surface area contributed by atoms with Crippen LogP contribution >= 0.6 is 11.8 Å². The van der Waals surface area contributed by atoms with Crippen LogP contribution in [0, 0.1) is 0 Å². The van der Waals surface area contributed by atoms with Gasteiger partial charge >= 0.3 is 0 Å². The highest BCUT2D eigenvalue weighted by molar-refractivity contribution is 8.00. The normalized spacial score (nSPS) is 12.1. The predicted molar refractivity (Wildman–Crippen MR) is 86.9 cm³/mol. The molecule has 0 unspecified atom stereocenters. The van der Waals surface area contributed by atoms with E-state index in [2.05, 4.69) is 5.32 Å². The molecule has 0 saturated heterocycles. The van der Waals surface area contributed by atoms with Gasteiger partial charge < -0.3 is 15.2 Å². The molecule has 1 aromatic rings. The van der Waals surface area contributed by atoms with Gasteiger partial charge in [0.25, 0.3) is 0 Å². The van der Waals surface area contributed by atoms with Crippen molar-refractivity contribution < 1.29 is 14.6 Å². The number of carbonyl (C=O) groups excluding carboxylic acids is 1. The number of hydrogen-bond acceptors (Lipinski definition) is 4. The molecule has 5 heteroatoms. The Hall–Kier alpha value is -1.20. The Bertz CT molecular complexity index is 463. The lowest BCUT2D eigenvalue weighted by atomic mass is 9.86. The van der Waals surface area contributed by atoms with E-state index in [1.54, 1.807) is 13.8 Å². The van der Waals surface area contributed by atoms with Crippen LogP contribution in [0.3, 0.4) is 0 Å². The lowest BCUT2D eigenvalue weighted by Gasteiger charge is -2.37. The van der Waals surface area contributed by atoms with Gasteiger partial charge in [0.05, 0.1) is 23.5 Å². The van der Waals surface area contributed by atoms with Gasteiger partial charge in [-0.15, -0.1) is 11.8 Å². The topological polar surface area (TPSA) is 58.6 Å². The van der Waals surface area contributed by atoms with Crippen LogP contribution in [0.15, 0.2) is 29.2 Å². The van der Waals surface area contributed by atoms with Gasteiger partial charge in [-0.2, -0.15) is 0 Å². The van der Waals surface area contributed by atoms with Gasteiger partial charge in [-0.25, -0.2) is 0 Å². The summed E-state index contributed by atoms with van der Waals surface area (Å²) in [4.78, 5) is 13.0. The smallest absolute Gasteiger partial charge is 0.230 e. The molecular formula is C16H25NO3S. The van der Waals surface area contributed by atoms with Crippen LogP contribution in [-0.4, -0.2) is 34.5 Å². The van der Waals surface area contributed by atoms with Gasteiger partial charge in [0.1, 0.15) is 5.75 Å². The van der Waals surface area contributed by atoms with E-state index in [4.69, 9.17) is 4.74 Å². The molecule has 0 aromatic heterocycles. The standard InChI is InChI=1S/C16H25NO3S/c1-6-20-12-7-9-13(10-8-12)21-11-14(18)17-15(2,3)16(4,5)19/h7-10,19H,6,11H2,1-5H3,(H,17,18). The number of nitrogens with one attached hydrogen (secondary N) is 1. The molecule has 0 fully saturated rings. The minimum Gasteiger partial charge on any atom is -0.494 e. The lowest BCUT2D eigenvalue weighted by molar-refractivity contribution is -0.123. The first-order valence-corrected chi connectivity index (χ1v) is 8.03. The molecule has 0 bridgehead atoms. The summed E-state index contributed by atoms with van der Waals surface area (Å²) >= 11 is 1.46. The third kappa shape index (κ3) is 5.59. The highest BCUT2D eigenvalue weighted by Crippen LogP contribution is 2.23. The van der Waals surface area contributed by atoms with E-state index >= 15 is 0 Å². The molecule has 118 valence electrons. The van der Waals surface area contributed by atoms with Crippen molar-refractivity contribution >= 4 is 17.7 Å². The Morgan fingerprint density at radius 1 is 1.24 bits per heavy atom. The van der Waals surface area contributed by atoms with Gasteiger partial charge in [-0.05, 0) is 58.9 Å². The van der Waals surface area contributed by atoms with Crippen molar-refractivity contribution in [1.82, 2.24) is 5.32 Å². The molecular weight excluding hydrogens is 286 g/mol. The van der Waals surface area contributed by atoms with Crippen LogP contribution < -0.4 is 10.1 Å². The molecule has 0 aliphatic heterocycles. The first-order chi connectivity index (χ1) is 9.65. The summed E-state index contributed by atoms with van der Waals surface area (Å²) in [6.07, 6.45) is 0. The molecule has 0 aliphatic rings. The highest BCUT2D eigenvalue weighted by Gasteiger charge is 2.36. The molecule has 2 N–H and O–H groups in total. The second-order valence-electron chi connectivity index (χ2n) is 5.93. The molecule has 1 amide bonds. The average molecular weight is 311 g/mol. The number of amides is 1. The summed E-state index contributed by atoms with van der Waals surface area (Å²) < 4.78 is 5.37. The van der Waals surface area contributed by atoms with Crippen molar-refractivity contribution in [2.24, 2.45) is 0 Å². The molecule has 1 aromatic carbocycles.